The fourth-order valence-corrected chi connectivity index (χ4v) is 2.33. The van der Waals surface area contributed by atoms with E-state index in [0.717, 1.165) is 11.1 Å². The van der Waals surface area contributed by atoms with E-state index in [2.05, 4.69) is 0 Å². The average Bonchev–Trinajstić information content (AvgIpc) is 2.57. The molecule has 2 rings (SSSR count). The molecule has 27 heavy (non-hydrogen) atoms. The lowest BCUT2D eigenvalue weighted by atomic mass is 10.0. The number of Topliss-reactive ketones (excluding diaryl/α,β-unsaturated/α-hetero) is 2. The Morgan fingerprint density at radius 3 is 1.26 bits per heavy atom. The third-order valence-corrected chi connectivity index (χ3v) is 3.50. The molecule has 0 aliphatic heterocycles. The maximum Gasteiger partial charge on any atom is 0.318 e. The Morgan fingerprint density at radius 1 is 0.630 bits per heavy atom. The number of carbonyl (C=O) groups is 4. The molecular weight excluding hydrogens is 348 g/mol. The van der Waals surface area contributed by atoms with Crippen LogP contribution in [0.25, 0.3) is 0 Å². The first-order chi connectivity index (χ1) is 12.8. The normalized spacial score (nSPS) is 10.1. The highest BCUT2D eigenvalue weighted by molar-refractivity contribution is 5.95. The Bertz CT molecular complexity index is 762. The number of rotatable bonds is 8. The van der Waals surface area contributed by atoms with Crippen molar-refractivity contribution in [3.63, 3.8) is 0 Å². The van der Waals surface area contributed by atoms with Crippen LogP contribution >= 0.6 is 0 Å². The Balaban J connectivity index is 1.91. The first kappa shape index (κ1) is 20.0. The lowest BCUT2D eigenvalue weighted by Gasteiger charge is -2.07. The summed E-state index contributed by atoms with van der Waals surface area (Å²) in [7, 11) is 0. The molecule has 0 unspecified atom stereocenters. The molecule has 0 saturated heterocycles. The van der Waals surface area contributed by atoms with Gasteiger partial charge >= 0.3 is 11.9 Å². The first-order valence-corrected chi connectivity index (χ1v) is 8.40. The van der Waals surface area contributed by atoms with Gasteiger partial charge in [-0.2, -0.15) is 0 Å². The van der Waals surface area contributed by atoms with Gasteiger partial charge in [0.25, 0.3) is 0 Å². The quantitative estimate of drug-likeness (QED) is 0.404. The van der Waals surface area contributed by atoms with Gasteiger partial charge in [-0.15, -0.1) is 0 Å². The van der Waals surface area contributed by atoms with Gasteiger partial charge in [-0.3, -0.25) is 19.2 Å². The minimum absolute atomic E-state index is 0.243. The zero-order valence-electron chi connectivity index (χ0n) is 15.2. The fraction of sp³-hybridized carbons (Fsp3) is 0.238. The number of ketones is 2. The molecule has 0 amide bonds. The molecule has 0 heterocycles. The van der Waals surface area contributed by atoms with Crippen LogP contribution in [0.2, 0.25) is 0 Å². The van der Waals surface area contributed by atoms with Gasteiger partial charge in [-0.05, 0) is 55.7 Å². The summed E-state index contributed by atoms with van der Waals surface area (Å²) < 4.78 is 10.2. The van der Waals surface area contributed by atoms with Crippen LogP contribution in [-0.2, 0) is 25.6 Å². The van der Waals surface area contributed by atoms with Crippen LogP contribution in [-0.4, -0.2) is 23.5 Å². The van der Waals surface area contributed by atoms with Crippen molar-refractivity contribution in [2.45, 2.75) is 33.1 Å². The van der Waals surface area contributed by atoms with Crippen LogP contribution in [0.1, 0.15) is 37.8 Å². The zero-order valence-corrected chi connectivity index (χ0v) is 15.2. The molecule has 0 aliphatic carbocycles. The van der Waals surface area contributed by atoms with Crippen molar-refractivity contribution in [2.75, 3.05) is 0 Å². The highest BCUT2D eigenvalue weighted by Crippen LogP contribution is 2.18. The van der Waals surface area contributed by atoms with E-state index in [1.807, 2.05) is 24.3 Å². The maximum atomic E-state index is 11.5. The second kappa shape index (κ2) is 9.43. The van der Waals surface area contributed by atoms with Gasteiger partial charge in [-0.1, -0.05) is 24.3 Å². The highest BCUT2D eigenvalue weighted by Gasteiger charge is 2.09. The van der Waals surface area contributed by atoms with Crippen molar-refractivity contribution in [3.8, 4) is 11.5 Å². The molecule has 0 saturated carbocycles. The largest absolute Gasteiger partial charge is 0.426 e. The van der Waals surface area contributed by atoms with E-state index >= 15 is 0 Å². The fourth-order valence-electron chi connectivity index (χ4n) is 2.33. The molecule has 6 heteroatoms. The smallest absolute Gasteiger partial charge is 0.318 e. The summed E-state index contributed by atoms with van der Waals surface area (Å²) in [4.78, 5) is 44.7. The molecule has 0 N–H and O–H groups in total. The molecule has 6 nitrogen and oxygen atoms in total. The van der Waals surface area contributed by atoms with Crippen LogP contribution in [0.5, 0.6) is 11.5 Å². The maximum absolute atomic E-state index is 11.5. The predicted octanol–water partition coefficient (Wildman–Crippen LogP) is 3.05. The second-order valence-corrected chi connectivity index (χ2v) is 6.17. The van der Waals surface area contributed by atoms with Gasteiger partial charge in [-0.25, -0.2) is 0 Å². The van der Waals surface area contributed by atoms with Crippen LogP contribution < -0.4 is 9.47 Å². The number of benzene rings is 2. The number of esters is 2. The number of carbonyl (C=O) groups excluding carboxylic acids is 4. The summed E-state index contributed by atoms with van der Waals surface area (Å²) in [6.07, 6.45) is 0.152. The molecular formula is C21H20O6. The Hall–Kier alpha value is -3.28. The van der Waals surface area contributed by atoms with E-state index < -0.39 is 11.9 Å². The second-order valence-electron chi connectivity index (χ2n) is 6.17. The molecule has 0 aliphatic rings. The minimum atomic E-state index is -0.579. The van der Waals surface area contributed by atoms with E-state index in [1.54, 1.807) is 24.3 Å². The molecule has 2 aromatic rings. The standard InChI is InChI=1S/C21H20O6/c1-14(22)11-20(24)26-18-7-3-16(4-8-18)13-17-5-9-19(10-6-17)27-21(25)12-15(2)23/h3-10H,11-13H2,1-2H3. The van der Waals surface area contributed by atoms with E-state index in [0.29, 0.717) is 17.9 Å². The van der Waals surface area contributed by atoms with Crippen molar-refractivity contribution in [2.24, 2.45) is 0 Å². The monoisotopic (exact) mass is 368 g/mol. The third-order valence-electron chi connectivity index (χ3n) is 3.50. The minimum Gasteiger partial charge on any atom is -0.426 e. The molecule has 140 valence electrons. The van der Waals surface area contributed by atoms with Gasteiger partial charge in [0.05, 0.1) is 0 Å². The number of ether oxygens (including phenoxy) is 2. The summed E-state index contributed by atoms with van der Waals surface area (Å²) in [6, 6.07) is 14.0. The Morgan fingerprint density at radius 2 is 0.963 bits per heavy atom. The summed E-state index contributed by atoms with van der Waals surface area (Å²) in [5, 5.41) is 0. The SMILES string of the molecule is CC(=O)CC(=O)Oc1ccc(Cc2ccc(OC(=O)CC(C)=O)cc2)cc1. The van der Waals surface area contributed by atoms with Crippen molar-refractivity contribution < 1.29 is 28.7 Å². The van der Waals surface area contributed by atoms with Crippen LogP contribution in [0, 0.1) is 0 Å². The third kappa shape index (κ3) is 7.23. The summed E-state index contributed by atoms with van der Waals surface area (Å²) in [5.74, 6) is -0.870. The van der Waals surface area contributed by atoms with Crippen molar-refractivity contribution in [1.82, 2.24) is 0 Å². The van der Waals surface area contributed by atoms with E-state index in [1.165, 1.54) is 13.8 Å². The van der Waals surface area contributed by atoms with Crippen molar-refractivity contribution in [1.29, 1.82) is 0 Å². The predicted molar refractivity (Wildman–Crippen MR) is 97.6 cm³/mol. The van der Waals surface area contributed by atoms with Gasteiger partial charge in [0.2, 0.25) is 0 Å². The molecule has 0 spiro atoms. The molecule has 0 aromatic heterocycles. The summed E-state index contributed by atoms with van der Waals surface area (Å²) in [6.45, 7) is 2.67. The van der Waals surface area contributed by atoms with Crippen LogP contribution in [0.15, 0.2) is 48.5 Å². The van der Waals surface area contributed by atoms with Crippen LogP contribution in [0.3, 0.4) is 0 Å². The zero-order chi connectivity index (χ0) is 19.8. The Labute approximate surface area is 157 Å². The lowest BCUT2D eigenvalue weighted by molar-refractivity contribution is -0.139. The van der Waals surface area contributed by atoms with E-state index in [4.69, 9.17) is 9.47 Å². The van der Waals surface area contributed by atoms with Gasteiger partial charge < -0.3 is 9.47 Å². The highest BCUT2D eigenvalue weighted by atomic mass is 16.5. The van der Waals surface area contributed by atoms with Gasteiger partial charge in [0, 0.05) is 0 Å². The topological polar surface area (TPSA) is 86.7 Å². The average molecular weight is 368 g/mol. The number of hydrogen-bond acceptors (Lipinski definition) is 6. The molecule has 0 fully saturated rings. The number of hydrogen-bond donors (Lipinski definition) is 0. The van der Waals surface area contributed by atoms with Crippen molar-refractivity contribution in [3.05, 3.63) is 59.7 Å². The van der Waals surface area contributed by atoms with Gasteiger partial charge in [0.15, 0.2) is 0 Å². The van der Waals surface area contributed by atoms with Crippen LogP contribution in [0.4, 0.5) is 0 Å². The summed E-state index contributed by atoms with van der Waals surface area (Å²) >= 11 is 0. The van der Waals surface area contributed by atoms with E-state index in [9.17, 15) is 19.2 Å². The lowest BCUT2D eigenvalue weighted by Crippen LogP contribution is -2.11. The molecule has 0 bridgehead atoms. The molecule has 0 atom stereocenters. The van der Waals surface area contributed by atoms with E-state index in [-0.39, 0.29) is 24.4 Å². The first-order valence-electron chi connectivity index (χ1n) is 8.40. The van der Waals surface area contributed by atoms with Gasteiger partial charge in [0.1, 0.15) is 35.9 Å². The molecule has 2 aromatic carbocycles. The van der Waals surface area contributed by atoms with Crippen molar-refractivity contribution >= 4 is 23.5 Å². The summed E-state index contributed by atoms with van der Waals surface area (Å²) in [5.41, 5.74) is 2.00. The Kier molecular flexibility index (Phi) is 7.00. The molecule has 0 radical (unpaired) electrons.